The van der Waals surface area contributed by atoms with E-state index in [1.165, 1.54) is 21.8 Å². The highest BCUT2D eigenvalue weighted by Crippen LogP contribution is 2.25. The van der Waals surface area contributed by atoms with Crippen LogP contribution < -0.4 is 5.73 Å². The lowest BCUT2D eigenvalue weighted by Crippen LogP contribution is -2.21. The molecule has 0 spiro atoms. The predicted octanol–water partition coefficient (Wildman–Crippen LogP) is 4.02. The summed E-state index contributed by atoms with van der Waals surface area (Å²) < 4.78 is 0. The topological polar surface area (TPSA) is 26.0 Å². The van der Waals surface area contributed by atoms with Gasteiger partial charge in [0, 0.05) is 16.7 Å². The molecule has 17 heavy (non-hydrogen) atoms. The van der Waals surface area contributed by atoms with E-state index in [1.54, 1.807) is 0 Å². The van der Waals surface area contributed by atoms with Crippen LogP contribution in [0, 0.1) is 12.8 Å². The molecule has 0 aliphatic carbocycles. The molecule has 1 aromatic carbocycles. The maximum atomic E-state index is 5.99. The van der Waals surface area contributed by atoms with Crippen molar-refractivity contribution in [2.75, 3.05) is 5.75 Å². The van der Waals surface area contributed by atoms with Crippen LogP contribution in [0.25, 0.3) is 0 Å². The Bertz CT molecular complexity index is 347. The molecule has 1 unspecified atom stereocenters. The van der Waals surface area contributed by atoms with E-state index in [9.17, 15) is 0 Å². The zero-order chi connectivity index (χ0) is 12.8. The first-order valence-electron chi connectivity index (χ1n) is 6.50. The van der Waals surface area contributed by atoms with Gasteiger partial charge in [0.05, 0.1) is 0 Å². The van der Waals surface area contributed by atoms with Crippen LogP contribution in [-0.2, 0) is 6.42 Å². The van der Waals surface area contributed by atoms with Gasteiger partial charge >= 0.3 is 0 Å². The first-order valence-corrected chi connectivity index (χ1v) is 7.49. The van der Waals surface area contributed by atoms with Crippen LogP contribution in [0.5, 0.6) is 0 Å². The van der Waals surface area contributed by atoms with Crippen LogP contribution in [0.4, 0.5) is 0 Å². The fourth-order valence-electron chi connectivity index (χ4n) is 1.70. The lowest BCUT2D eigenvalue weighted by Gasteiger charge is -2.12. The van der Waals surface area contributed by atoms with Crippen molar-refractivity contribution in [3.8, 4) is 0 Å². The summed E-state index contributed by atoms with van der Waals surface area (Å²) >= 11 is 1.96. The third kappa shape index (κ3) is 5.13. The molecule has 0 saturated carbocycles. The number of rotatable bonds is 6. The maximum absolute atomic E-state index is 5.99. The van der Waals surface area contributed by atoms with E-state index >= 15 is 0 Å². The van der Waals surface area contributed by atoms with Gasteiger partial charge in [-0.1, -0.05) is 32.9 Å². The van der Waals surface area contributed by atoms with E-state index in [0.29, 0.717) is 6.04 Å². The molecule has 0 radical (unpaired) electrons. The quantitative estimate of drug-likeness (QED) is 0.773. The molecule has 2 N–H and O–H groups in total. The van der Waals surface area contributed by atoms with Gasteiger partial charge in [0.2, 0.25) is 0 Å². The van der Waals surface area contributed by atoms with Gasteiger partial charge in [-0.25, -0.2) is 0 Å². The van der Waals surface area contributed by atoms with Crippen molar-refractivity contribution in [3.05, 3.63) is 29.3 Å². The summed E-state index contributed by atoms with van der Waals surface area (Å²) in [7, 11) is 0. The Kier molecular flexibility index (Phi) is 6.07. The maximum Gasteiger partial charge on any atom is 0.0101 e. The minimum absolute atomic E-state index is 0.295. The van der Waals surface area contributed by atoms with E-state index in [4.69, 9.17) is 5.73 Å². The van der Waals surface area contributed by atoms with Gasteiger partial charge in [-0.15, -0.1) is 11.8 Å². The highest BCUT2D eigenvalue weighted by molar-refractivity contribution is 7.99. The Labute approximate surface area is 110 Å². The minimum Gasteiger partial charge on any atom is -0.327 e. The molecule has 0 bridgehead atoms. The number of aryl methyl sites for hydroxylation is 1. The van der Waals surface area contributed by atoms with Crippen molar-refractivity contribution in [1.82, 2.24) is 0 Å². The average Bonchev–Trinajstić information content (AvgIpc) is 2.27. The number of nitrogens with two attached hydrogens (primary N) is 1. The average molecular weight is 251 g/mol. The standard InChI is InChI=1S/C15H25NS/c1-5-14(16)9-13-6-7-15(12(4)8-13)17-10-11(2)3/h6-8,11,14H,5,9-10,16H2,1-4H3. The van der Waals surface area contributed by atoms with Gasteiger partial charge < -0.3 is 5.73 Å². The Morgan fingerprint density at radius 3 is 2.53 bits per heavy atom. The largest absolute Gasteiger partial charge is 0.327 e. The predicted molar refractivity (Wildman–Crippen MR) is 78.7 cm³/mol. The molecule has 0 saturated heterocycles. The molecule has 0 heterocycles. The minimum atomic E-state index is 0.295. The molecule has 0 amide bonds. The van der Waals surface area contributed by atoms with Crippen molar-refractivity contribution < 1.29 is 0 Å². The highest BCUT2D eigenvalue weighted by Gasteiger charge is 2.05. The fraction of sp³-hybridized carbons (Fsp3) is 0.600. The molecule has 0 aliphatic heterocycles. The summed E-state index contributed by atoms with van der Waals surface area (Å²) in [5.74, 6) is 1.93. The SMILES string of the molecule is CCC(N)Cc1ccc(SCC(C)C)c(C)c1. The monoisotopic (exact) mass is 251 g/mol. The van der Waals surface area contributed by atoms with Gasteiger partial charge in [0.25, 0.3) is 0 Å². The molecule has 96 valence electrons. The second-order valence-corrected chi connectivity index (χ2v) is 6.24. The van der Waals surface area contributed by atoms with E-state index in [2.05, 4.69) is 45.9 Å². The smallest absolute Gasteiger partial charge is 0.0101 e. The van der Waals surface area contributed by atoms with Gasteiger partial charge in [-0.2, -0.15) is 0 Å². The van der Waals surface area contributed by atoms with Crippen LogP contribution in [-0.4, -0.2) is 11.8 Å². The Morgan fingerprint density at radius 2 is 2.00 bits per heavy atom. The lowest BCUT2D eigenvalue weighted by molar-refractivity contribution is 0.646. The second kappa shape index (κ2) is 7.07. The molecule has 0 fully saturated rings. The van der Waals surface area contributed by atoms with Crippen LogP contribution in [0.15, 0.2) is 23.1 Å². The molecule has 1 nitrogen and oxygen atoms in total. The van der Waals surface area contributed by atoms with E-state index in [1.807, 2.05) is 11.8 Å². The molecule has 0 aromatic heterocycles. The van der Waals surface area contributed by atoms with Crippen LogP contribution in [0.3, 0.4) is 0 Å². The van der Waals surface area contributed by atoms with Gasteiger partial charge in [0.15, 0.2) is 0 Å². The number of hydrogen-bond acceptors (Lipinski definition) is 2. The van der Waals surface area contributed by atoms with Crippen molar-refractivity contribution in [3.63, 3.8) is 0 Å². The highest BCUT2D eigenvalue weighted by atomic mass is 32.2. The Morgan fingerprint density at radius 1 is 1.29 bits per heavy atom. The summed E-state index contributed by atoms with van der Waals surface area (Å²) in [4.78, 5) is 1.41. The molecule has 1 aromatic rings. The molecular formula is C15H25NS. The second-order valence-electron chi connectivity index (χ2n) is 5.18. The van der Waals surface area contributed by atoms with Crippen molar-refractivity contribution in [2.24, 2.45) is 11.7 Å². The molecule has 1 rings (SSSR count). The number of thioether (sulfide) groups is 1. The summed E-state index contributed by atoms with van der Waals surface area (Å²) in [6.07, 6.45) is 2.04. The number of benzene rings is 1. The van der Waals surface area contributed by atoms with Crippen molar-refractivity contribution >= 4 is 11.8 Å². The van der Waals surface area contributed by atoms with Crippen LogP contribution >= 0.6 is 11.8 Å². The number of hydrogen-bond donors (Lipinski definition) is 1. The normalized spacial score (nSPS) is 13.1. The van der Waals surface area contributed by atoms with Gasteiger partial charge in [-0.3, -0.25) is 0 Å². The fourth-order valence-corrected chi connectivity index (χ4v) is 2.67. The van der Waals surface area contributed by atoms with E-state index < -0.39 is 0 Å². The summed E-state index contributed by atoms with van der Waals surface area (Å²) in [5.41, 5.74) is 8.74. The van der Waals surface area contributed by atoms with Gasteiger partial charge in [0.1, 0.15) is 0 Å². The van der Waals surface area contributed by atoms with E-state index in [0.717, 1.165) is 18.8 Å². The first-order chi connectivity index (χ1) is 8.02. The van der Waals surface area contributed by atoms with Crippen LogP contribution in [0.1, 0.15) is 38.3 Å². The third-order valence-corrected chi connectivity index (χ3v) is 4.44. The third-order valence-electron chi connectivity index (χ3n) is 2.83. The van der Waals surface area contributed by atoms with Gasteiger partial charge in [-0.05, 0) is 42.9 Å². The molecular weight excluding hydrogens is 226 g/mol. The zero-order valence-electron chi connectivity index (χ0n) is 11.5. The van der Waals surface area contributed by atoms with Crippen LogP contribution in [0.2, 0.25) is 0 Å². The van der Waals surface area contributed by atoms with Crippen molar-refractivity contribution in [1.29, 1.82) is 0 Å². The zero-order valence-corrected chi connectivity index (χ0v) is 12.3. The molecule has 1 atom stereocenters. The molecule has 2 heteroatoms. The molecule has 0 aliphatic rings. The summed E-state index contributed by atoms with van der Waals surface area (Å²) in [6.45, 7) is 8.86. The summed E-state index contributed by atoms with van der Waals surface area (Å²) in [6, 6.07) is 7.06. The lowest BCUT2D eigenvalue weighted by atomic mass is 10.0. The van der Waals surface area contributed by atoms with Crippen molar-refractivity contribution in [2.45, 2.75) is 51.5 Å². The first kappa shape index (κ1) is 14.6. The van der Waals surface area contributed by atoms with E-state index in [-0.39, 0.29) is 0 Å². The Balaban J connectivity index is 2.65. The Hall–Kier alpha value is -0.470. The summed E-state index contributed by atoms with van der Waals surface area (Å²) in [5, 5.41) is 0.